The minimum Gasteiger partial charge on any atom is -0.456 e. The molecule has 0 spiro atoms. The molecular weight excluding hydrogens is 1840 g/mol. The normalized spacial score (nSPS) is 11.7. The summed E-state index contributed by atoms with van der Waals surface area (Å²) in [5, 5.41) is 18.7. The molecule has 14 heteroatoms. The van der Waals surface area contributed by atoms with Gasteiger partial charge < -0.3 is 17.8 Å². The third-order valence-electron chi connectivity index (χ3n) is 29.1. The number of fused-ring (bicyclic) bond motifs is 11. The smallest absolute Gasteiger partial charge is 0.238 e. The zero-order valence-corrected chi connectivity index (χ0v) is 80.6. The molecule has 9 aromatic heterocycles. The Bertz CT molecular complexity index is 10800. The van der Waals surface area contributed by atoms with E-state index < -0.39 is 0 Å². The molecular formula is C136H83N11O3. The van der Waals surface area contributed by atoms with E-state index in [0.29, 0.717) is 41.0 Å². The van der Waals surface area contributed by atoms with E-state index >= 15 is 0 Å². The van der Waals surface area contributed by atoms with Crippen molar-refractivity contribution in [3.8, 4) is 130 Å². The van der Waals surface area contributed by atoms with Crippen molar-refractivity contribution in [1.82, 2.24) is 53.6 Å². The van der Waals surface area contributed by atoms with Crippen molar-refractivity contribution >= 4 is 164 Å². The maximum Gasteiger partial charge on any atom is 0.238 e. The highest BCUT2D eigenvalue weighted by atomic mass is 16.3. The fourth-order valence-electron chi connectivity index (χ4n) is 22.1. The number of hydrogen-bond donors (Lipinski definition) is 0. The first-order chi connectivity index (χ1) is 74.4. The molecule has 14 nitrogen and oxygen atoms in total. The van der Waals surface area contributed by atoms with Crippen molar-refractivity contribution in [3.63, 3.8) is 0 Å². The fraction of sp³-hybridized carbons (Fsp3) is 0. The summed E-state index contributed by atoms with van der Waals surface area (Å²) in [5.41, 5.74) is 29.1. The summed E-state index contributed by atoms with van der Waals surface area (Å²) in [4.78, 5) is 41.0. The average Bonchev–Trinajstić information content (AvgIpc) is 1.24. The van der Waals surface area contributed by atoms with Gasteiger partial charge in [0.25, 0.3) is 0 Å². The Kier molecular flexibility index (Phi) is 20.6. The van der Waals surface area contributed by atoms with Crippen LogP contribution in [0.5, 0.6) is 0 Å². The second-order valence-electron chi connectivity index (χ2n) is 37.9. The predicted molar refractivity (Wildman–Crippen MR) is 613 cm³/mol. The van der Waals surface area contributed by atoms with Crippen LogP contribution in [-0.2, 0) is 0 Å². The van der Waals surface area contributed by atoms with Crippen LogP contribution >= 0.6 is 0 Å². The van der Waals surface area contributed by atoms with Crippen molar-refractivity contribution in [2.24, 2.45) is 0 Å². The molecule has 0 saturated heterocycles. The summed E-state index contributed by atoms with van der Waals surface area (Å²) in [6.45, 7) is 0. The molecule has 0 atom stereocenters. The van der Waals surface area contributed by atoms with E-state index in [9.17, 15) is 0 Å². The molecule has 0 saturated carbocycles. The molecule has 9 heterocycles. The second-order valence-corrected chi connectivity index (χ2v) is 37.9. The van der Waals surface area contributed by atoms with Crippen LogP contribution in [0.1, 0.15) is 0 Å². The average molecular weight is 1920 g/mol. The first kappa shape index (κ1) is 86.2. The molecule has 0 fully saturated rings. The van der Waals surface area contributed by atoms with Crippen LogP contribution in [0.15, 0.2) is 517 Å². The Balaban J connectivity index is 0.000000106. The lowest BCUT2D eigenvalue weighted by atomic mass is 9.98. The van der Waals surface area contributed by atoms with Gasteiger partial charge in [-0.05, 0) is 169 Å². The largest absolute Gasteiger partial charge is 0.456 e. The molecule has 31 rings (SSSR count). The highest BCUT2D eigenvalue weighted by molar-refractivity contribution is 6.33. The van der Waals surface area contributed by atoms with Gasteiger partial charge in [0.1, 0.15) is 33.5 Å². The van der Waals surface area contributed by atoms with Crippen molar-refractivity contribution in [2.45, 2.75) is 0 Å². The number of rotatable bonds is 13. The Morgan fingerprint density at radius 3 is 0.920 bits per heavy atom. The van der Waals surface area contributed by atoms with Gasteiger partial charge in [-0.3, -0.25) is 9.13 Å². The molecule has 150 heavy (non-hydrogen) atoms. The summed E-state index contributed by atoms with van der Waals surface area (Å²) in [6.07, 6.45) is 0. The van der Waals surface area contributed by atoms with Gasteiger partial charge in [-0.15, -0.1) is 0 Å². The fourth-order valence-corrected chi connectivity index (χ4v) is 22.1. The Labute approximate surface area is 858 Å². The third kappa shape index (κ3) is 14.8. The molecule has 0 N–H and O–H groups in total. The van der Waals surface area contributed by atoms with Gasteiger partial charge in [-0.25, -0.2) is 29.9 Å². The molecule has 0 unspecified atom stereocenters. The van der Waals surface area contributed by atoms with Gasteiger partial charge in [0.2, 0.25) is 11.9 Å². The van der Waals surface area contributed by atoms with Crippen molar-refractivity contribution < 1.29 is 13.3 Å². The Morgan fingerprint density at radius 2 is 0.453 bits per heavy atom. The lowest BCUT2D eigenvalue weighted by Crippen LogP contribution is -2.06. The zero-order chi connectivity index (χ0) is 98.8. The highest BCUT2D eigenvalue weighted by Crippen LogP contribution is 2.50. The zero-order valence-electron chi connectivity index (χ0n) is 80.6. The SMILES string of the molecule is c1ccc(-c2ccc(-c3nc(-c4ccccc4)nc(-c4ccc(-n5c6cccc7c8ccccc8oc8c9ccccc9cc5c8c76)cc4)n3)cc2)cc1.c1ccc(-c2ccc(-c3nc(-c4ccccc4)nc(-n4c5cccc6oc7ccccc7c7cc(-c8ccccc8)cc4c7c65)n3)cc2)cc1.c1ccc(-c2ccc(-c3nc(-n4c5cccc6c7ccccc7oc7c8ccccc8cc4c7c65)nc4ccccc34)cc2)cc1. The summed E-state index contributed by atoms with van der Waals surface area (Å²) in [5.74, 6) is 4.28. The first-order valence-corrected chi connectivity index (χ1v) is 50.3. The quantitative estimate of drug-likeness (QED) is 0.108. The van der Waals surface area contributed by atoms with Crippen LogP contribution < -0.4 is 0 Å². The Hall–Kier alpha value is -20.5. The molecule has 0 radical (unpaired) electrons. The first-order valence-electron chi connectivity index (χ1n) is 50.3. The summed E-state index contributed by atoms with van der Waals surface area (Å²) >= 11 is 0. The third-order valence-corrected chi connectivity index (χ3v) is 29.1. The topological polar surface area (TPSA) is 157 Å². The molecule has 31 aromatic rings. The van der Waals surface area contributed by atoms with Crippen LogP contribution in [0.25, 0.3) is 294 Å². The molecule has 0 bridgehead atoms. The van der Waals surface area contributed by atoms with E-state index in [-0.39, 0.29) is 0 Å². The lowest BCUT2D eigenvalue weighted by Gasteiger charge is -2.13. The number of benzene rings is 22. The van der Waals surface area contributed by atoms with Crippen LogP contribution in [0.3, 0.4) is 0 Å². The number of hydrogen-bond acceptors (Lipinski definition) is 11. The van der Waals surface area contributed by atoms with Crippen LogP contribution in [-0.4, -0.2) is 53.6 Å². The van der Waals surface area contributed by atoms with Gasteiger partial charge in [0.05, 0.1) is 60.5 Å². The molecule has 700 valence electrons. The van der Waals surface area contributed by atoms with Crippen LogP contribution in [0.4, 0.5) is 0 Å². The van der Waals surface area contributed by atoms with Gasteiger partial charge >= 0.3 is 0 Å². The maximum absolute atomic E-state index is 6.85. The van der Waals surface area contributed by atoms with Crippen molar-refractivity contribution in [1.29, 1.82) is 0 Å². The van der Waals surface area contributed by atoms with E-state index in [4.69, 9.17) is 53.1 Å². The Morgan fingerprint density at radius 1 is 0.153 bits per heavy atom. The van der Waals surface area contributed by atoms with E-state index in [2.05, 4.69) is 390 Å². The van der Waals surface area contributed by atoms with E-state index in [0.717, 1.165) is 225 Å². The second kappa shape index (κ2) is 35.8. The number of aromatic nitrogens is 11. The lowest BCUT2D eigenvalue weighted by molar-refractivity contribution is 0.663. The van der Waals surface area contributed by atoms with Gasteiger partial charge in [0, 0.05) is 87.5 Å². The summed E-state index contributed by atoms with van der Waals surface area (Å²) in [7, 11) is 0. The maximum atomic E-state index is 6.85. The van der Waals surface area contributed by atoms with Gasteiger partial charge in [0.15, 0.2) is 29.1 Å². The number of para-hydroxylation sites is 4. The molecule has 0 aliphatic heterocycles. The molecule has 0 aliphatic rings. The summed E-state index contributed by atoms with van der Waals surface area (Å²) < 4.78 is 27.1. The van der Waals surface area contributed by atoms with E-state index in [1.54, 1.807) is 0 Å². The van der Waals surface area contributed by atoms with Crippen molar-refractivity contribution in [3.05, 3.63) is 504 Å². The van der Waals surface area contributed by atoms with E-state index in [1.807, 2.05) is 127 Å². The molecule has 0 aliphatic carbocycles. The number of nitrogens with zero attached hydrogens (tertiary/aromatic N) is 11. The van der Waals surface area contributed by atoms with Gasteiger partial charge in [-0.2, -0.15) is 9.97 Å². The molecule has 0 amide bonds. The van der Waals surface area contributed by atoms with Gasteiger partial charge in [-0.1, -0.05) is 406 Å². The minimum absolute atomic E-state index is 0.545. The summed E-state index contributed by atoms with van der Waals surface area (Å²) in [6, 6.07) is 175. The highest BCUT2D eigenvalue weighted by Gasteiger charge is 2.29. The van der Waals surface area contributed by atoms with Crippen molar-refractivity contribution in [2.75, 3.05) is 0 Å². The monoisotopic (exact) mass is 1920 g/mol. The van der Waals surface area contributed by atoms with Crippen LogP contribution in [0, 0.1) is 0 Å². The minimum atomic E-state index is 0.545. The van der Waals surface area contributed by atoms with Crippen LogP contribution in [0.2, 0.25) is 0 Å². The predicted octanol–water partition coefficient (Wildman–Crippen LogP) is 35.3. The standard InChI is InChI=1S/C49H30N4O.C45H28N4O.C42H25N3O/c1-3-12-31(13-4-1)32-22-24-34(25-23-32)48-50-47(33-14-5-2-6-15-33)51-49(52-48)35-26-28-37(29-27-35)53-41-20-11-19-40-39-18-9-10-21-43(39)54-46-38-17-8-7-16-36(38)30-42(53)45(46)44(40)41;1-4-13-29(14-5-1)31-23-25-33(26-24-31)44-46-43(32-17-8-3-9-18-32)47-45(48-44)49-37-20-12-22-40-42(37)41-36(35-19-10-11-21-39(35)50-40)27-34(28-38(41)49)30-15-6-2-7-16-30;1-2-11-26(12-3-1)27-21-23-28(24-22-27)40-33-16-6-8-18-34(33)43-42(44-40)45-35-19-10-17-32-31-15-7-9-20-37(31)46-41-30-14-5-4-13-29(30)25-36(45)39(41)38(32)35/h1-30H;1-28H;1-25H. The molecule has 22 aromatic carbocycles. The van der Waals surface area contributed by atoms with E-state index in [1.165, 1.54) is 27.5 Å².